The van der Waals surface area contributed by atoms with E-state index >= 15 is 0 Å². The van der Waals surface area contributed by atoms with E-state index in [9.17, 15) is 12.8 Å². The quantitative estimate of drug-likeness (QED) is 0.300. The van der Waals surface area contributed by atoms with Crippen LogP contribution in [0.1, 0.15) is 24.3 Å². The van der Waals surface area contributed by atoms with E-state index in [1.807, 2.05) is 30.3 Å². The molecule has 1 aromatic heterocycles. The lowest BCUT2D eigenvalue weighted by atomic mass is 9.86. The van der Waals surface area contributed by atoms with Gasteiger partial charge in [0.15, 0.2) is 17.9 Å². The van der Waals surface area contributed by atoms with Gasteiger partial charge in [0.25, 0.3) is 0 Å². The molecule has 0 spiro atoms. The first kappa shape index (κ1) is 27.6. The van der Waals surface area contributed by atoms with Gasteiger partial charge >= 0.3 is 0 Å². The summed E-state index contributed by atoms with van der Waals surface area (Å²) >= 11 is 0. The van der Waals surface area contributed by atoms with Gasteiger partial charge in [-0.05, 0) is 42.0 Å². The molecule has 0 amide bonds. The number of hydrogen-bond acceptors (Lipinski definition) is 8. The van der Waals surface area contributed by atoms with Crippen molar-refractivity contribution in [2.45, 2.75) is 42.2 Å². The first-order valence-electron chi connectivity index (χ1n) is 13.2. The third kappa shape index (κ3) is 5.77. The van der Waals surface area contributed by atoms with Crippen LogP contribution in [0.25, 0.3) is 22.6 Å². The van der Waals surface area contributed by atoms with Gasteiger partial charge in [0, 0.05) is 37.1 Å². The number of fused-ring (bicyclic) bond motifs is 2. The molecule has 2 N–H and O–H groups in total. The van der Waals surface area contributed by atoms with Gasteiger partial charge in [-0.1, -0.05) is 30.3 Å². The van der Waals surface area contributed by atoms with Crippen LogP contribution in [0.5, 0.6) is 5.75 Å². The minimum atomic E-state index is -3.83. The van der Waals surface area contributed by atoms with Gasteiger partial charge in [-0.25, -0.2) is 22.9 Å². The summed E-state index contributed by atoms with van der Waals surface area (Å²) < 4.78 is 67.6. The van der Waals surface area contributed by atoms with E-state index < -0.39 is 21.4 Å². The number of oxazole rings is 1. The predicted octanol–water partition coefficient (Wildman–Crippen LogP) is 4.79. The maximum Gasteiger partial charge on any atom is 0.238 e. The molecular formula is C30H29FN2O7S. The van der Waals surface area contributed by atoms with Gasteiger partial charge < -0.3 is 23.4 Å². The highest BCUT2D eigenvalue weighted by atomic mass is 32.2. The fourth-order valence-electron chi connectivity index (χ4n) is 5.30. The number of nitrogens with two attached hydrogens (primary N) is 1. The Bertz CT molecular complexity index is 1640. The van der Waals surface area contributed by atoms with Gasteiger partial charge in [0.05, 0.1) is 30.6 Å². The number of primary sulfonamides is 1. The molecule has 214 valence electrons. The molecule has 2 aliphatic heterocycles. The number of aromatic nitrogens is 1. The molecule has 6 rings (SSSR count). The van der Waals surface area contributed by atoms with Crippen LogP contribution in [0.2, 0.25) is 0 Å². The predicted molar refractivity (Wildman–Crippen MR) is 147 cm³/mol. The highest BCUT2D eigenvalue weighted by Gasteiger charge is 2.49. The summed E-state index contributed by atoms with van der Waals surface area (Å²) in [5.41, 5.74) is 1.94. The van der Waals surface area contributed by atoms with Crippen molar-refractivity contribution in [2.75, 3.05) is 20.3 Å². The van der Waals surface area contributed by atoms with Crippen molar-refractivity contribution < 1.29 is 36.2 Å². The van der Waals surface area contributed by atoms with E-state index in [0.29, 0.717) is 60.1 Å². The van der Waals surface area contributed by atoms with Crippen molar-refractivity contribution in [2.24, 2.45) is 5.14 Å². The molecule has 9 nitrogen and oxygen atoms in total. The molecule has 0 saturated carbocycles. The Hall–Kier alpha value is -3.61. The molecule has 3 atom stereocenters. The van der Waals surface area contributed by atoms with Gasteiger partial charge in [0.1, 0.15) is 22.9 Å². The fraction of sp³-hybridized carbons (Fsp3) is 0.300. The average molecular weight is 581 g/mol. The zero-order chi connectivity index (χ0) is 28.6. The normalized spacial score (nSPS) is 22.1. The van der Waals surface area contributed by atoms with Gasteiger partial charge in [0.2, 0.25) is 10.0 Å². The van der Waals surface area contributed by atoms with E-state index in [1.165, 1.54) is 24.3 Å². The molecule has 2 saturated heterocycles. The van der Waals surface area contributed by atoms with E-state index in [4.69, 9.17) is 33.5 Å². The zero-order valence-electron chi connectivity index (χ0n) is 22.3. The van der Waals surface area contributed by atoms with E-state index in [0.717, 1.165) is 5.56 Å². The number of sulfonamides is 1. The summed E-state index contributed by atoms with van der Waals surface area (Å²) in [7, 11) is -2.18. The Kier molecular flexibility index (Phi) is 7.39. The lowest BCUT2D eigenvalue weighted by Crippen LogP contribution is -2.39. The Balaban J connectivity index is 1.22. The van der Waals surface area contributed by atoms with Crippen molar-refractivity contribution >= 4 is 10.0 Å². The van der Waals surface area contributed by atoms with Gasteiger partial charge in [-0.15, -0.1) is 0 Å². The van der Waals surface area contributed by atoms with Crippen LogP contribution in [0.3, 0.4) is 0 Å². The Morgan fingerprint density at radius 1 is 1.07 bits per heavy atom. The lowest BCUT2D eigenvalue weighted by Gasteiger charge is -2.35. The fourth-order valence-corrected chi connectivity index (χ4v) is 5.82. The monoisotopic (exact) mass is 580 g/mol. The average Bonchev–Trinajstić information content (AvgIpc) is 3.53. The largest absolute Gasteiger partial charge is 0.493 e. The number of halogens is 1. The van der Waals surface area contributed by atoms with Crippen LogP contribution in [0.4, 0.5) is 4.39 Å². The molecule has 0 aliphatic carbocycles. The standard InChI is InChI=1S/C30H29FN2O7S/c1-36-24-16-27-38-18-30(17-24,40-27)21-13-22(31)15-23(14-21)37-12-11-26-33-28(19-5-3-2-4-6-19)29(39-26)20-7-9-25(10-8-20)41(32,34)35/h2-10,13-15,24,27H,11-12,16-18H2,1H3,(H2,32,34,35)/t24-,27+,30-/m1/s1. The smallest absolute Gasteiger partial charge is 0.238 e. The Morgan fingerprint density at radius 3 is 2.59 bits per heavy atom. The molecular weight excluding hydrogens is 551 g/mol. The van der Waals surface area contributed by atoms with Crippen LogP contribution >= 0.6 is 0 Å². The summed E-state index contributed by atoms with van der Waals surface area (Å²) in [6, 6.07) is 20.2. The van der Waals surface area contributed by atoms with Crippen LogP contribution in [0.15, 0.2) is 82.1 Å². The van der Waals surface area contributed by atoms with E-state index in [-0.39, 0.29) is 23.9 Å². The van der Waals surface area contributed by atoms with Gasteiger partial charge in [-0.2, -0.15) is 0 Å². The molecule has 11 heteroatoms. The second kappa shape index (κ2) is 11.0. The van der Waals surface area contributed by atoms with E-state index in [1.54, 1.807) is 25.3 Å². The van der Waals surface area contributed by atoms with Crippen LogP contribution in [-0.4, -0.2) is 46.1 Å². The number of methoxy groups -OCH3 is 1. The molecule has 2 fully saturated rings. The number of rotatable bonds is 9. The molecule has 2 aliphatic rings. The minimum Gasteiger partial charge on any atom is -0.493 e. The second-order valence-corrected chi connectivity index (χ2v) is 11.7. The third-order valence-electron chi connectivity index (χ3n) is 7.35. The van der Waals surface area contributed by atoms with Crippen molar-refractivity contribution in [3.63, 3.8) is 0 Å². The van der Waals surface area contributed by atoms with Crippen molar-refractivity contribution in [3.05, 3.63) is 90.1 Å². The number of hydrogen-bond donors (Lipinski definition) is 1. The maximum atomic E-state index is 14.7. The molecule has 3 heterocycles. The van der Waals surface area contributed by atoms with Crippen molar-refractivity contribution in [1.82, 2.24) is 4.98 Å². The Labute approximate surface area is 237 Å². The zero-order valence-corrected chi connectivity index (χ0v) is 23.1. The second-order valence-electron chi connectivity index (χ2n) is 10.1. The minimum absolute atomic E-state index is 0.000656. The lowest BCUT2D eigenvalue weighted by molar-refractivity contribution is -0.162. The number of ether oxygens (including phenoxy) is 4. The van der Waals surface area contributed by atoms with E-state index in [2.05, 4.69) is 0 Å². The van der Waals surface area contributed by atoms with Gasteiger partial charge in [-0.3, -0.25) is 0 Å². The molecule has 0 unspecified atom stereocenters. The Morgan fingerprint density at radius 2 is 1.85 bits per heavy atom. The molecule has 2 bridgehead atoms. The highest BCUT2D eigenvalue weighted by molar-refractivity contribution is 7.89. The van der Waals surface area contributed by atoms with Crippen LogP contribution in [-0.2, 0) is 36.3 Å². The number of nitrogens with zero attached hydrogens (tertiary/aromatic N) is 1. The van der Waals surface area contributed by atoms with Crippen LogP contribution in [0, 0.1) is 5.82 Å². The van der Waals surface area contributed by atoms with Crippen LogP contribution < -0.4 is 9.88 Å². The maximum absolute atomic E-state index is 14.7. The van der Waals surface area contributed by atoms with Crippen molar-refractivity contribution in [1.29, 1.82) is 0 Å². The summed E-state index contributed by atoms with van der Waals surface area (Å²) in [4.78, 5) is 4.70. The number of benzene rings is 3. The summed E-state index contributed by atoms with van der Waals surface area (Å²) in [5.74, 6) is 0.813. The summed E-state index contributed by atoms with van der Waals surface area (Å²) in [6.07, 6.45) is 1.08. The molecule has 0 radical (unpaired) electrons. The first-order valence-corrected chi connectivity index (χ1v) is 14.7. The third-order valence-corrected chi connectivity index (χ3v) is 8.28. The SMILES string of the molecule is CO[C@@H]1C[C@H]2OC[C@@](c3cc(F)cc(OCCc4nc(-c5ccccc5)c(-c5ccc(S(N)(=O)=O)cc5)o4)c3)(C1)O2. The molecule has 4 aromatic rings. The summed E-state index contributed by atoms with van der Waals surface area (Å²) in [6.45, 7) is 0.495. The molecule has 3 aromatic carbocycles. The first-order chi connectivity index (χ1) is 19.7. The summed E-state index contributed by atoms with van der Waals surface area (Å²) in [5, 5.41) is 5.24. The van der Waals surface area contributed by atoms with Crippen molar-refractivity contribution in [3.8, 4) is 28.3 Å². The molecule has 41 heavy (non-hydrogen) atoms. The topological polar surface area (TPSA) is 123 Å². The highest BCUT2D eigenvalue weighted by Crippen LogP contribution is 2.45.